The molecular formula is C32H32Cl2F2N2O9S. The van der Waals surface area contributed by atoms with Gasteiger partial charge in [0.05, 0.1) is 40.8 Å². The van der Waals surface area contributed by atoms with Crippen molar-refractivity contribution in [2.45, 2.75) is 44.8 Å². The predicted molar refractivity (Wildman–Crippen MR) is 171 cm³/mol. The van der Waals surface area contributed by atoms with Crippen molar-refractivity contribution in [2.24, 2.45) is 11.8 Å². The summed E-state index contributed by atoms with van der Waals surface area (Å²) in [6, 6.07) is 8.16. The average Bonchev–Trinajstić information content (AvgIpc) is 3.95. The second-order valence-corrected chi connectivity index (χ2v) is 14.1. The fourth-order valence-corrected chi connectivity index (χ4v) is 5.60. The lowest BCUT2D eigenvalue weighted by Gasteiger charge is -2.21. The molecule has 0 bridgehead atoms. The average molecular weight is 730 g/mol. The molecule has 0 spiro atoms. The van der Waals surface area contributed by atoms with Crippen LogP contribution in [-0.4, -0.2) is 58.0 Å². The number of nitrogens with zero attached hydrogens (tertiary/aromatic N) is 1. The van der Waals surface area contributed by atoms with Crippen molar-refractivity contribution in [1.29, 1.82) is 0 Å². The van der Waals surface area contributed by atoms with Gasteiger partial charge in [0.1, 0.15) is 11.9 Å². The molecular weight excluding hydrogens is 697 g/mol. The van der Waals surface area contributed by atoms with E-state index in [1.807, 2.05) is 0 Å². The molecule has 258 valence electrons. The third-order valence-corrected chi connectivity index (χ3v) is 8.59. The van der Waals surface area contributed by atoms with E-state index in [0.717, 1.165) is 31.9 Å². The zero-order valence-corrected chi connectivity index (χ0v) is 28.0. The normalized spacial score (nSPS) is 15.0. The molecule has 0 amide bonds. The van der Waals surface area contributed by atoms with Crippen LogP contribution in [0.1, 0.15) is 53.3 Å². The van der Waals surface area contributed by atoms with Gasteiger partial charge in [-0.15, -0.1) is 0 Å². The Bertz CT molecular complexity index is 1740. The van der Waals surface area contributed by atoms with Crippen LogP contribution in [0.5, 0.6) is 17.2 Å². The third kappa shape index (κ3) is 10.6. The second-order valence-electron chi connectivity index (χ2n) is 11.5. The van der Waals surface area contributed by atoms with E-state index in [1.165, 1.54) is 48.8 Å². The molecule has 1 N–H and O–H groups in total. The number of hydrogen-bond acceptors (Lipinski definition) is 10. The molecule has 2 aliphatic carbocycles. The topological polar surface area (TPSA) is 139 Å². The Hall–Kier alpha value is -3.88. The first-order valence-corrected chi connectivity index (χ1v) is 17.6. The molecule has 0 radical (unpaired) electrons. The maximum Gasteiger partial charge on any atom is 0.387 e. The van der Waals surface area contributed by atoms with Gasteiger partial charge in [-0.2, -0.15) is 8.78 Å². The van der Waals surface area contributed by atoms with Crippen LogP contribution < -0.4 is 18.9 Å². The van der Waals surface area contributed by atoms with E-state index in [-0.39, 0.29) is 45.0 Å². The number of carbonyl (C=O) groups is 2. The summed E-state index contributed by atoms with van der Waals surface area (Å²) in [7, 11) is -3.63. The summed E-state index contributed by atoms with van der Waals surface area (Å²) in [5, 5.41) is 0.401. The lowest BCUT2D eigenvalue weighted by molar-refractivity contribution is -0.153. The molecule has 3 aromatic rings. The number of rotatable bonds is 17. The second kappa shape index (κ2) is 15.6. The van der Waals surface area contributed by atoms with Gasteiger partial charge in [-0.25, -0.2) is 18.0 Å². The number of halogens is 4. The Balaban J connectivity index is 1.32. The summed E-state index contributed by atoms with van der Waals surface area (Å²) in [6.45, 7) is -3.25. The minimum absolute atomic E-state index is 0.00613. The van der Waals surface area contributed by atoms with Crippen molar-refractivity contribution in [1.82, 2.24) is 4.98 Å². The molecule has 48 heavy (non-hydrogen) atoms. The zero-order valence-electron chi connectivity index (χ0n) is 25.6. The summed E-state index contributed by atoms with van der Waals surface area (Å²) in [5.74, 6) is -1.20. The van der Waals surface area contributed by atoms with Crippen LogP contribution in [-0.2, 0) is 30.7 Å². The van der Waals surface area contributed by atoms with E-state index in [2.05, 4.69) is 14.4 Å². The summed E-state index contributed by atoms with van der Waals surface area (Å²) in [5.41, 5.74) is 0.901. The van der Waals surface area contributed by atoms with E-state index in [0.29, 0.717) is 36.2 Å². The SMILES string of the molecule is CS(=O)(=O)Nc1ccc(C(=O)OCC(=O)O[C@@H](Cc2c(Cl)cncc2Cl)c2ccc(OC(F)F)c(OCC3CC3)c2)cc1OCC1CC1. The molecule has 0 unspecified atom stereocenters. The van der Waals surface area contributed by atoms with Gasteiger partial charge in [-0.05, 0) is 79.0 Å². The molecule has 5 rings (SSSR count). The summed E-state index contributed by atoms with van der Waals surface area (Å²) in [6.07, 6.45) is 6.48. The van der Waals surface area contributed by atoms with Gasteiger partial charge >= 0.3 is 18.6 Å². The van der Waals surface area contributed by atoms with Crippen molar-refractivity contribution in [3.8, 4) is 17.2 Å². The van der Waals surface area contributed by atoms with Crippen LogP contribution in [0, 0.1) is 11.8 Å². The Morgan fingerprint density at radius 2 is 1.58 bits per heavy atom. The molecule has 0 saturated heterocycles. The summed E-state index contributed by atoms with van der Waals surface area (Å²) >= 11 is 12.7. The Morgan fingerprint density at radius 1 is 0.938 bits per heavy atom. The van der Waals surface area contributed by atoms with Gasteiger partial charge < -0.3 is 23.7 Å². The van der Waals surface area contributed by atoms with Gasteiger partial charge in [-0.1, -0.05) is 29.3 Å². The number of hydrogen-bond donors (Lipinski definition) is 1. The molecule has 0 aliphatic heterocycles. The van der Waals surface area contributed by atoms with Crippen molar-refractivity contribution < 1.29 is 50.5 Å². The first kappa shape index (κ1) is 35.4. The zero-order chi connectivity index (χ0) is 34.4. The number of esters is 2. The van der Waals surface area contributed by atoms with Crippen LogP contribution in [0.15, 0.2) is 48.8 Å². The molecule has 2 fully saturated rings. The highest BCUT2D eigenvalue weighted by atomic mass is 35.5. The van der Waals surface area contributed by atoms with E-state index >= 15 is 0 Å². The maximum absolute atomic E-state index is 13.1. The summed E-state index contributed by atoms with van der Waals surface area (Å²) in [4.78, 5) is 29.9. The lowest BCUT2D eigenvalue weighted by Crippen LogP contribution is -2.21. The van der Waals surface area contributed by atoms with E-state index in [9.17, 15) is 26.8 Å². The van der Waals surface area contributed by atoms with Crippen molar-refractivity contribution >= 4 is 50.9 Å². The quantitative estimate of drug-likeness (QED) is 0.151. The third-order valence-electron chi connectivity index (χ3n) is 7.35. The van der Waals surface area contributed by atoms with E-state index < -0.39 is 41.3 Å². The minimum atomic E-state index is -3.63. The first-order chi connectivity index (χ1) is 22.8. The molecule has 1 atom stereocenters. The molecule has 1 heterocycles. The van der Waals surface area contributed by atoms with E-state index in [1.54, 1.807) is 0 Å². The van der Waals surface area contributed by atoms with Crippen LogP contribution in [0.2, 0.25) is 10.0 Å². The van der Waals surface area contributed by atoms with Gasteiger partial charge in [0, 0.05) is 18.8 Å². The number of alkyl halides is 2. The summed E-state index contributed by atoms with van der Waals surface area (Å²) < 4.78 is 79.3. The minimum Gasteiger partial charge on any atom is -0.491 e. The largest absolute Gasteiger partial charge is 0.491 e. The van der Waals surface area contributed by atoms with Crippen molar-refractivity contribution in [3.63, 3.8) is 0 Å². The number of nitrogens with one attached hydrogen (secondary N) is 1. The number of pyridine rings is 1. The molecule has 11 nitrogen and oxygen atoms in total. The fraction of sp³-hybridized carbons (Fsp3) is 0.406. The van der Waals surface area contributed by atoms with E-state index in [4.69, 9.17) is 42.1 Å². The van der Waals surface area contributed by atoms with Crippen molar-refractivity contribution in [2.75, 3.05) is 30.8 Å². The number of carbonyl (C=O) groups excluding carboxylic acids is 2. The molecule has 2 aromatic carbocycles. The van der Waals surface area contributed by atoms with Gasteiger partial charge in [0.25, 0.3) is 0 Å². The maximum atomic E-state index is 13.1. The van der Waals surface area contributed by atoms with Gasteiger partial charge in [0.2, 0.25) is 10.0 Å². The van der Waals surface area contributed by atoms with Crippen LogP contribution >= 0.6 is 23.2 Å². The number of anilines is 1. The molecule has 16 heteroatoms. The smallest absolute Gasteiger partial charge is 0.387 e. The lowest BCUT2D eigenvalue weighted by atomic mass is 10.0. The predicted octanol–water partition coefficient (Wildman–Crippen LogP) is 6.62. The van der Waals surface area contributed by atoms with Crippen LogP contribution in [0.4, 0.5) is 14.5 Å². The Morgan fingerprint density at radius 3 is 2.19 bits per heavy atom. The number of aromatic nitrogens is 1. The number of sulfonamides is 1. The van der Waals surface area contributed by atoms with Gasteiger partial charge in [0.15, 0.2) is 18.1 Å². The van der Waals surface area contributed by atoms with Gasteiger partial charge in [-0.3, -0.25) is 9.71 Å². The Kier molecular flexibility index (Phi) is 11.5. The highest BCUT2D eigenvalue weighted by molar-refractivity contribution is 7.92. The van der Waals surface area contributed by atoms with Crippen LogP contribution in [0.3, 0.4) is 0 Å². The van der Waals surface area contributed by atoms with Crippen LogP contribution in [0.25, 0.3) is 0 Å². The molecule has 1 aromatic heterocycles. The fourth-order valence-electron chi connectivity index (χ4n) is 4.51. The highest BCUT2D eigenvalue weighted by Gasteiger charge is 2.27. The monoisotopic (exact) mass is 728 g/mol. The first-order valence-electron chi connectivity index (χ1n) is 14.9. The standard InChI is InChI=1S/C32H32Cl2F2N2O9S/c1-48(41,42)38-25-8-6-21(11-28(25)43-15-18-2-3-18)31(40)45-17-30(39)46-27(12-22-23(33)13-37-14-24(22)34)20-7-9-26(47-32(35)36)29(10-20)44-16-19-4-5-19/h6-11,13-14,18-19,27,32,38H,2-5,12,15-17H2,1H3/t27-/m0/s1. The number of benzene rings is 2. The molecule has 2 saturated carbocycles. The van der Waals surface area contributed by atoms with Crippen molar-refractivity contribution in [3.05, 3.63) is 75.5 Å². The Labute approximate surface area is 285 Å². The number of ether oxygens (including phenoxy) is 5. The highest BCUT2D eigenvalue weighted by Crippen LogP contribution is 2.38. The molecule has 2 aliphatic rings.